The fourth-order valence-electron chi connectivity index (χ4n) is 1.74. The van der Waals surface area contributed by atoms with E-state index in [-0.39, 0.29) is 11.7 Å². The lowest BCUT2D eigenvalue weighted by Gasteiger charge is -2.14. The van der Waals surface area contributed by atoms with Crippen molar-refractivity contribution in [1.29, 1.82) is 0 Å². The summed E-state index contributed by atoms with van der Waals surface area (Å²) in [5.41, 5.74) is 8.01. The van der Waals surface area contributed by atoms with Crippen LogP contribution in [0, 0.1) is 13.8 Å². The summed E-state index contributed by atoms with van der Waals surface area (Å²) in [4.78, 5) is 11.9. The number of nitrogens with one attached hydrogen (secondary N) is 1. The maximum absolute atomic E-state index is 11.9. The number of carbonyl (C=O) groups excluding carboxylic acids is 1. The van der Waals surface area contributed by atoms with Crippen LogP contribution in [0.4, 0.5) is 5.69 Å². The van der Waals surface area contributed by atoms with Crippen LogP contribution >= 0.6 is 0 Å². The van der Waals surface area contributed by atoms with Gasteiger partial charge in [-0.25, -0.2) is 0 Å². The van der Waals surface area contributed by atoms with E-state index in [4.69, 9.17) is 10.5 Å². The van der Waals surface area contributed by atoms with Gasteiger partial charge < -0.3 is 20.9 Å². The number of aryl methyl sites for hydroxylation is 2. The third kappa shape index (κ3) is 4.54. The van der Waals surface area contributed by atoms with E-state index in [2.05, 4.69) is 5.32 Å². The minimum absolute atomic E-state index is 0.218. The molecule has 0 aliphatic carbocycles. The number of methoxy groups -OCH3 is 1. The van der Waals surface area contributed by atoms with Gasteiger partial charge in [0.05, 0.1) is 6.04 Å². The summed E-state index contributed by atoms with van der Waals surface area (Å²) in [6, 6.07) is 2.81. The zero-order chi connectivity index (χ0) is 14.4. The number of hydrogen-bond acceptors (Lipinski definition) is 4. The van der Waals surface area contributed by atoms with E-state index in [1.807, 2.05) is 6.92 Å². The highest BCUT2D eigenvalue weighted by molar-refractivity contribution is 5.95. The van der Waals surface area contributed by atoms with Crippen LogP contribution in [-0.4, -0.2) is 30.8 Å². The number of hydrogen-bond donors (Lipinski definition) is 3. The first-order chi connectivity index (χ1) is 8.95. The molecule has 1 atom stereocenters. The summed E-state index contributed by atoms with van der Waals surface area (Å²) < 4.78 is 4.92. The summed E-state index contributed by atoms with van der Waals surface area (Å²) in [5, 5.41) is 12.3. The van der Waals surface area contributed by atoms with Crippen molar-refractivity contribution in [2.45, 2.75) is 32.7 Å². The van der Waals surface area contributed by atoms with Gasteiger partial charge in [0.25, 0.3) is 0 Å². The van der Waals surface area contributed by atoms with Gasteiger partial charge in [-0.15, -0.1) is 0 Å². The topological polar surface area (TPSA) is 84.6 Å². The molecule has 0 spiro atoms. The Hall–Kier alpha value is -1.59. The second kappa shape index (κ2) is 7.11. The molecule has 0 saturated carbocycles. The van der Waals surface area contributed by atoms with Gasteiger partial charge in [0.15, 0.2) is 0 Å². The molecular formula is C14H22N2O3. The van der Waals surface area contributed by atoms with Crippen molar-refractivity contribution in [3.8, 4) is 5.75 Å². The van der Waals surface area contributed by atoms with Crippen LogP contribution in [0.15, 0.2) is 12.1 Å². The van der Waals surface area contributed by atoms with Crippen LogP contribution in [0.5, 0.6) is 5.75 Å². The Bertz CT molecular complexity index is 447. The van der Waals surface area contributed by atoms with Gasteiger partial charge in [0, 0.05) is 19.4 Å². The Kier molecular flexibility index (Phi) is 5.79. The molecule has 4 N–H and O–H groups in total. The van der Waals surface area contributed by atoms with E-state index in [0.717, 1.165) is 12.0 Å². The number of benzene rings is 1. The smallest absolute Gasteiger partial charge is 0.241 e. The Morgan fingerprint density at radius 2 is 2.11 bits per heavy atom. The first-order valence-corrected chi connectivity index (χ1v) is 6.31. The molecular weight excluding hydrogens is 244 g/mol. The van der Waals surface area contributed by atoms with Crippen molar-refractivity contribution in [2.75, 3.05) is 19.0 Å². The van der Waals surface area contributed by atoms with Crippen LogP contribution in [0.3, 0.4) is 0 Å². The number of aromatic hydroxyl groups is 1. The van der Waals surface area contributed by atoms with Gasteiger partial charge in [-0.1, -0.05) is 0 Å². The predicted molar refractivity (Wildman–Crippen MR) is 75.3 cm³/mol. The molecule has 0 radical (unpaired) electrons. The third-order valence-corrected chi connectivity index (χ3v) is 3.00. The Morgan fingerprint density at radius 3 is 2.74 bits per heavy atom. The molecule has 0 fully saturated rings. The molecule has 1 amide bonds. The number of anilines is 1. The highest BCUT2D eigenvalue weighted by atomic mass is 16.5. The van der Waals surface area contributed by atoms with Crippen LogP contribution in [0.1, 0.15) is 24.0 Å². The molecule has 0 heterocycles. The van der Waals surface area contributed by atoms with Gasteiger partial charge >= 0.3 is 0 Å². The second-order valence-corrected chi connectivity index (χ2v) is 4.68. The predicted octanol–water partition coefficient (Wildman–Crippen LogP) is 1.70. The number of nitrogens with two attached hydrogens (primary N) is 1. The summed E-state index contributed by atoms with van der Waals surface area (Å²) in [6.07, 6.45) is 1.33. The first kappa shape index (κ1) is 15.5. The molecule has 5 nitrogen and oxygen atoms in total. The van der Waals surface area contributed by atoms with Crippen LogP contribution in [-0.2, 0) is 9.53 Å². The van der Waals surface area contributed by atoms with Crippen molar-refractivity contribution < 1.29 is 14.6 Å². The standard InChI is InChI=1S/C14H22N2O3/c1-9-8-13(17)10(2)7-12(9)16-14(18)11(15)5-4-6-19-3/h7-8,11,17H,4-6,15H2,1-3H3,(H,16,18). The lowest BCUT2D eigenvalue weighted by atomic mass is 10.1. The number of carbonyl (C=O) groups is 1. The van der Waals surface area contributed by atoms with E-state index in [0.29, 0.717) is 24.3 Å². The van der Waals surface area contributed by atoms with Crippen LogP contribution in [0.2, 0.25) is 0 Å². The van der Waals surface area contributed by atoms with Crippen molar-refractivity contribution in [1.82, 2.24) is 0 Å². The third-order valence-electron chi connectivity index (χ3n) is 3.00. The molecule has 1 rings (SSSR count). The Morgan fingerprint density at radius 1 is 1.42 bits per heavy atom. The fraction of sp³-hybridized carbons (Fsp3) is 0.500. The van der Waals surface area contributed by atoms with Gasteiger partial charge in [0.2, 0.25) is 5.91 Å². The van der Waals surface area contributed by atoms with Crippen molar-refractivity contribution in [3.05, 3.63) is 23.3 Å². The highest BCUT2D eigenvalue weighted by Crippen LogP contribution is 2.25. The molecule has 106 valence electrons. The van der Waals surface area contributed by atoms with E-state index in [9.17, 15) is 9.90 Å². The lowest BCUT2D eigenvalue weighted by Crippen LogP contribution is -2.35. The normalized spacial score (nSPS) is 12.2. The monoisotopic (exact) mass is 266 g/mol. The molecule has 5 heteroatoms. The van der Waals surface area contributed by atoms with Gasteiger partial charge in [0.1, 0.15) is 5.75 Å². The zero-order valence-corrected chi connectivity index (χ0v) is 11.7. The molecule has 0 bridgehead atoms. The maximum atomic E-state index is 11.9. The van der Waals surface area contributed by atoms with E-state index in [1.165, 1.54) is 0 Å². The molecule has 0 aliphatic heterocycles. The first-order valence-electron chi connectivity index (χ1n) is 6.31. The maximum Gasteiger partial charge on any atom is 0.241 e. The van der Waals surface area contributed by atoms with Gasteiger partial charge in [-0.2, -0.15) is 0 Å². The molecule has 1 aromatic carbocycles. The average molecular weight is 266 g/mol. The van der Waals surface area contributed by atoms with Crippen LogP contribution in [0.25, 0.3) is 0 Å². The Balaban J connectivity index is 2.64. The molecule has 19 heavy (non-hydrogen) atoms. The number of rotatable bonds is 6. The largest absolute Gasteiger partial charge is 0.508 e. The van der Waals surface area contributed by atoms with Crippen molar-refractivity contribution >= 4 is 11.6 Å². The average Bonchev–Trinajstić information content (AvgIpc) is 2.36. The van der Waals surface area contributed by atoms with Crippen molar-refractivity contribution in [3.63, 3.8) is 0 Å². The van der Waals surface area contributed by atoms with Crippen molar-refractivity contribution in [2.24, 2.45) is 5.73 Å². The molecule has 0 aromatic heterocycles. The Labute approximate surface area is 113 Å². The van der Waals surface area contributed by atoms with E-state index in [1.54, 1.807) is 26.2 Å². The second-order valence-electron chi connectivity index (χ2n) is 4.68. The minimum atomic E-state index is -0.552. The quantitative estimate of drug-likeness (QED) is 0.540. The number of amides is 1. The SMILES string of the molecule is COCCCC(N)C(=O)Nc1cc(C)c(O)cc1C. The number of phenolic OH excluding ortho intramolecular Hbond substituents is 1. The fourth-order valence-corrected chi connectivity index (χ4v) is 1.74. The molecule has 0 saturated heterocycles. The van der Waals surface area contributed by atoms with E-state index >= 15 is 0 Å². The highest BCUT2D eigenvalue weighted by Gasteiger charge is 2.14. The minimum Gasteiger partial charge on any atom is -0.508 e. The molecule has 1 unspecified atom stereocenters. The number of ether oxygens (including phenoxy) is 1. The number of phenols is 1. The van der Waals surface area contributed by atoms with Gasteiger partial charge in [-0.3, -0.25) is 4.79 Å². The molecule has 0 aliphatic rings. The van der Waals surface area contributed by atoms with E-state index < -0.39 is 6.04 Å². The lowest BCUT2D eigenvalue weighted by molar-refractivity contribution is -0.117. The summed E-state index contributed by atoms with van der Waals surface area (Å²) in [5.74, 6) is 0.00387. The van der Waals surface area contributed by atoms with Crippen LogP contribution < -0.4 is 11.1 Å². The summed E-state index contributed by atoms with van der Waals surface area (Å²) in [6.45, 7) is 4.20. The summed E-state index contributed by atoms with van der Waals surface area (Å²) in [7, 11) is 1.62. The summed E-state index contributed by atoms with van der Waals surface area (Å²) >= 11 is 0. The van der Waals surface area contributed by atoms with Gasteiger partial charge in [-0.05, 0) is 49.9 Å². The zero-order valence-electron chi connectivity index (χ0n) is 11.7. The molecule has 1 aromatic rings.